The first kappa shape index (κ1) is 15.5. The predicted octanol–water partition coefficient (Wildman–Crippen LogP) is 3.24. The van der Waals surface area contributed by atoms with Crippen molar-refractivity contribution >= 4 is 11.6 Å². The summed E-state index contributed by atoms with van der Waals surface area (Å²) in [5.41, 5.74) is 2.53. The van der Waals surface area contributed by atoms with Crippen molar-refractivity contribution in [1.29, 1.82) is 0 Å². The van der Waals surface area contributed by atoms with Crippen LogP contribution in [-0.2, 0) is 0 Å². The van der Waals surface area contributed by atoms with E-state index in [4.69, 9.17) is 0 Å². The minimum atomic E-state index is -0.991. The number of anilines is 1. The van der Waals surface area contributed by atoms with Crippen LogP contribution >= 0.6 is 0 Å². The highest BCUT2D eigenvalue weighted by Gasteiger charge is 2.23. The van der Waals surface area contributed by atoms with Gasteiger partial charge in [0.2, 0.25) is 0 Å². The number of benzene rings is 2. The monoisotopic (exact) mass is 316 g/mol. The van der Waals surface area contributed by atoms with Crippen LogP contribution in [0.1, 0.15) is 15.9 Å². The zero-order valence-corrected chi connectivity index (χ0v) is 12.9. The molecule has 2 aromatic rings. The number of nitrogens with zero attached hydrogens (tertiary/aromatic N) is 2. The van der Waals surface area contributed by atoms with Crippen molar-refractivity contribution in [3.05, 3.63) is 65.2 Å². The Labute approximate surface area is 134 Å². The molecule has 23 heavy (non-hydrogen) atoms. The SMILES string of the molecule is Cc1cccc(N2CCN(C(=O)c3ccc(F)c(F)c3)CC2)c1. The molecule has 1 aliphatic heterocycles. The zero-order valence-electron chi connectivity index (χ0n) is 12.9. The minimum absolute atomic E-state index is 0.188. The first-order chi connectivity index (χ1) is 11.0. The molecule has 1 aliphatic rings. The van der Waals surface area contributed by atoms with Crippen LogP contribution in [0.15, 0.2) is 42.5 Å². The van der Waals surface area contributed by atoms with Gasteiger partial charge < -0.3 is 9.80 Å². The third kappa shape index (κ3) is 3.33. The Bertz CT molecular complexity index is 725. The Hall–Kier alpha value is -2.43. The Balaban J connectivity index is 1.66. The van der Waals surface area contributed by atoms with Crippen molar-refractivity contribution in [2.24, 2.45) is 0 Å². The van der Waals surface area contributed by atoms with E-state index in [-0.39, 0.29) is 11.5 Å². The van der Waals surface area contributed by atoms with Crippen LogP contribution in [0.2, 0.25) is 0 Å². The highest BCUT2D eigenvalue weighted by Crippen LogP contribution is 2.19. The number of amides is 1. The highest BCUT2D eigenvalue weighted by atomic mass is 19.2. The smallest absolute Gasteiger partial charge is 0.254 e. The summed E-state index contributed by atoms with van der Waals surface area (Å²) in [7, 11) is 0. The fraction of sp³-hybridized carbons (Fsp3) is 0.278. The average molecular weight is 316 g/mol. The number of hydrogen-bond donors (Lipinski definition) is 0. The molecule has 0 N–H and O–H groups in total. The molecule has 5 heteroatoms. The Morgan fingerprint density at radius 2 is 1.70 bits per heavy atom. The van der Waals surface area contributed by atoms with Crippen LogP contribution < -0.4 is 4.90 Å². The van der Waals surface area contributed by atoms with Crippen molar-refractivity contribution in [3.63, 3.8) is 0 Å². The molecule has 120 valence electrons. The molecule has 0 saturated carbocycles. The van der Waals surface area contributed by atoms with E-state index < -0.39 is 11.6 Å². The molecule has 3 rings (SSSR count). The zero-order chi connectivity index (χ0) is 16.4. The molecule has 0 radical (unpaired) electrons. The molecule has 0 atom stereocenters. The number of hydrogen-bond acceptors (Lipinski definition) is 2. The van der Waals surface area contributed by atoms with Crippen LogP contribution in [-0.4, -0.2) is 37.0 Å². The molecular weight excluding hydrogens is 298 g/mol. The van der Waals surface area contributed by atoms with Gasteiger partial charge in [0, 0.05) is 37.4 Å². The van der Waals surface area contributed by atoms with Gasteiger partial charge in [-0.1, -0.05) is 12.1 Å². The van der Waals surface area contributed by atoms with Crippen LogP contribution in [0.5, 0.6) is 0 Å². The molecule has 3 nitrogen and oxygen atoms in total. The lowest BCUT2D eigenvalue weighted by atomic mass is 10.1. The topological polar surface area (TPSA) is 23.6 Å². The number of halogens is 2. The molecular formula is C18H18F2N2O. The summed E-state index contributed by atoms with van der Waals surface area (Å²) in [6.07, 6.45) is 0. The van der Waals surface area contributed by atoms with Crippen molar-refractivity contribution in [2.45, 2.75) is 6.92 Å². The van der Waals surface area contributed by atoms with Crippen molar-refractivity contribution in [2.75, 3.05) is 31.1 Å². The van der Waals surface area contributed by atoms with E-state index >= 15 is 0 Å². The fourth-order valence-electron chi connectivity index (χ4n) is 2.80. The second-order valence-corrected chi connectivity index (χ2v) is 5.75. The maximum atomic E-state index is 13.3. The molecule has 1 fully saturated rings. The third-order valence-electron chi connectivity index (χ3n) is 4.10. The van der Waals surface area contributed by atoms with Crippen LogP contribution in [0.25, 0.3) is 0 Å². The predicted molar refractivity (Wildman–Crippen MR) is 85.7 cm³/mol. The molecule has 0 aliphatic carbocycles. The van der Waals surface area contributed by atoms with Gasteiger partial charge in [-0.2, -0.15) is 0 Å². The summed E-state index contributed by atoms with van der Waals surface area (Å²) in [6, 6.07) is 11.5. The van der Waals surface area contributed by atoms with Crippen LogP contribution in [0.3, 0.4) is 0 Å². The molecule has 2 aromatic carbocycles. The first-order valence-corrected chi connectivity index (χ1v) is 7.60. The van der Waals surface area contributed by atoms with E-state index in [1.54, 1.807) is 4.90 Å². The van der Waals surface area contributed by atoms with Gasteiger partial charge in [0.05, 0.1) is 0 Å². The number of piperazine rings is 1. The lowest BCUT2D eigenvalue weighted by molar-refractivity contribution is 0.0746. The number of aryl methyl sites for hydroxylation is 1. The van der Waals surface area contributed by atoms with E-state index in [0.717, 1.165) is 30.9 Å². The van der Waals surface area contributed by atoms with Crippen molar-refractivity contribution in [1.82, 2.24) is 4.90 Å². The number of rotatable bonds is 2. The summed E-state index contributed by atoms with van der Waals surface area (Å²) < 4.78 is 26.2. The maximum absolute atomic E-state index is 13.3. The van der Waals surface area contributed by atoms with E-state index in [1.165, 1.54) is 11.6 Å². The third-order valence-corrected chi connectivity index (χ3v) is 4.10. The molecule has 0 aromatic heterocycles. The summed E-state index contributed by atoms with van der Waals surface area (Å²) in [4.78, 5) is 16.3. The van der Waals surface area contributed by atoms with Crippen LogP contribution in [0, 0.1) is 18.6 Å². The van der Waals surface area contributed by atoms with E-state index in [0.29, 0.717) is 13.1 Å². The molecule has 1 heterocycles. The van der Waals surface area contributed by atoms with Gasteiger partial charge in [0.25, 0.3) is 5.91 Å². The van der Waals surface area contributed by atoms with Gasteiger partial charge in [0.1, 0.15) is 0 Å². The molecule has 0 unspecified atom stereocenters. The fourth-order valence-corrected chi connectivity index (χ4v) is 2.80. The van der Waals surface area contributed by atoms with E-state index in [9.17, 15) is 13.6 Å². The quantitative estimate of drug-likeness (QED) is 0.849. The minimum Gasteiger partial charge on any atom is -0.368 e. The molecule has 1 saturated heterocycles. The first-order valence-electron chi connectivity index (χ1n) is 7.60. The normalized spacial score (nSPS) is 14.9. The number of carbonyl (C=O) groups excluding carboxylic acids is 1. The molecule has 1 amide bonds. The summed E-state index contributed by atoms with van der Waals surface area (Å²) >= 11 is 0. The average Bonchev–Trinajstić information content (AvgIpc) is 2.57. The molecule has 0 spiro atoms. The van der Waals surface area contributed by atoms with Gasteiger partial charge in [-0.15, -0.1) is 0 Å². The van der Waals surface area contributed by atoms with Crippen molar-refractivity contribution in [3.8, 4) is 0 Å². The number of carbonyl (C=O) groups is 1. The molecule has 0 bridgehead atoms. The van der Waals surface area contributed by atoms with Gasteiger partial charge in [0.15, 0.2) is 11.6 Å². The van der Waals surface area contributed by atoms with Gasteiger partial charge in [-0.3, -0.25) is 4.79 Å². The van der Waals surface area contributed by atoms with Gasteiger partial charge in [-0.25, -0.2) is 8.78 Å². The summed E-state index contributed by atoms with van der Waals surface area (Å²) in [5, 5.41) is 0. The van der Waals surface area contributed by atoms with Crippen LogP contribution in [0.4, 0.5) is 14.5 Å². The van der Waals surface area contributed by atoms with Crippen molar-refractivity contribution < 1.29 is 13.6 Å². The maximum Gasteiger partial charge on any atom is 0.254 e. The van der Waals surface area contributed by atoms with Gasteiger partial charge >= 0.3 is 0 Å². The Morgan fingerprint density at radius 1 is 0.957 bits per heavy atom. The lowest BCUT2D eigenvalue weighted by Gasteiger charge is -2.36. The van der Waals surface area contributed by atoms with E-state index in [1.807, 2.05) is 19.1 Å². The second kappa shape index (κ2) is 6.36. The second-order valence-electron chi connectivity index (χ2n) is 5.75. The Morgan fingerprint density at radius 3 is 2.35 bits per heavy atom. The van der Waals surface area contributed by atoms with Gasteiger partial charge in [-0.05, 0) is 42.8 Å². The largest absolute Gasteiger partial charge is 0.368 e. The Kier molecular flexibility index (Phi) is 4.28. The highest BCUT2D eigenvalue weighted by molar-refractivity contribution is 5.94. The summed E-state index contributed by atoms with van der Waals surface area (Å²) in [5.74, 6) is -2.19. The lowest BCUT2D eigenvalue weighted by Crippen LogP contribution is -2.48. The van der Waals surface area contributed by atoms with E-state index in [2.05, 4.69) is 17.0 Å². The standard InChI is InChI=1S/C18H18F2N2O/c1-13-3-2-4-15(11-13)21-7-9-22(10-8-21)18(23)14-5-6-16(19)17(20)12-14/h2-6,11-12H,7-10H2,1H3. The summed E-state index contributed by atoms with van der Waals surface area (Å²) in [6.45, 7) is 4.61.